The maximum Gasteiger partial charge on any atom is 0.263 e. The molecule has 0 aliphatic carbocycles. The number of para-hydroxylation sites is 1. The Kier molecular flexibility index (Phi) is 5.52. The number of benzene rings is 1. The number of hydrogen-bond acceptors (Lipinski definition) is 5. The van der Waals surface area contributed by atoms with E-state index in [4.69, 9.17) is 17.0 Å². The van der Waals surface area contributed by atoms with Crippen molar-refractivity contribution in [3.05, 3.63) is 40.9 Å². The lowest BCUT2D eigenvalue weighted by Gasteiger charge is -2.06. The van der Waals surface area contributed by atoms with Crippen LogP contribution in [0.4, 0.5) is 0 Å². The van der Waals surface area contributed by atoms with Gasteiger partial charge in [0, 0.05) is 36.3 Å². The first-order valence-corrected chi connectivity index (χ1v) is 8.89. The van der Waals surface area contributed by atoms with Crippen molar-refractivity contribution in [3.63, 3.8) is 0 Å². The van der Waals surface area contributed by atoms with Gasteiger partial charge in [0.25, 0.3) is 5.91 Å². The summed E-state index contributed by atoms with van der Waals surface area (Å²) in [6.07, 6.45) is 3.68. The van der Waals surface area contributed by atoms with E-state index in [2.05, 4.69) is 10.6 Å². The van der Waals surface area contributed by atoms with Crippen LogP contribution < -0.4 is 10.6 Å². The van der Waals surface area contributed by atoms with E-state index in [-0.39, 0.29) is 18.4 Å². The fourth-order valence-electron chi connectivity index (χ4n) is 2.59. The second-order valence-corrected chi connectivity index (χ2v) is 7.14. The zero-order chi connectivity index (χ0) is 17.8. The van der Waals surface area contributed by atoms with Gasteiger partial charge in [0.15, 0.2) is 0 Å². The van der Waals surface area contributed by atoms with Gasteiger partial charge in [0.05, 0.1) is 11.5 Å². The minimum Gasteiger partial charge on any atom is -0.383 e. The summed E-state index contributed by atoms with van der Waals surface area (Å²) in [5, 5.41) is 6.39. The Hall–Kier alpha value is -2.16. The average molecular weight is 375 g/mol. The number of thiocarbonyl (C=S) groups is 1. The average Bonchev–Trinajstić information content (AvgIpc) is 3.08. The van der Waals surface area contributed by atoms with E-state index in [1.54, 1.807) is 13.2 Å². The molecule has 6 nitrogen and oxygen atoms in total. The molecule has 1 aliphatic heterocycles. The summed E-state index contributed by atoms with van der Waals surface area (Å²) in [7, 11) is 1.59. The number of thioether (sulfide) groups is 1. The van der Waals surface area contributed by atoms with Crippen LogP contribution in [0.2, 0.25) is 0 Å². The molecule has 130 valence electrons. The Labute approximate surface area is 154 Å². The molecule has 1 saturated heterocycles. The number of amides is 2. The Bertz CT molecular complexity index is 873. The highest BCUT2D eigenvalue weighted by atomic mass is 32.2. The second kappa shape index (κ2) is 7.81. The largest absolute Gasteiger partial charge is 0.383 e. The number of carbonyl (C=O) groups is 2. The lowest BCUT2D eigenvalue weighted by atomic mass is 10.1. The molecule has 1 aliphatic rings. The summed E-state index contributed by atoms with van der Waals surface area (Å²) in [4.78, 5) is 24.5. The predicted octanol–water partition coefficient (Wildman–Crippen LogP) is 1.89. The minimum atomic E-state index is -0.191. The van der Waals surface area contributed by atoms with Crippen LogP contribution in [-0.4, -0.2) is 41.0 Å². The van der Waals surface area contributed by atoms with Gasteiger partial charge in [0.1, 0.15) is 10.9 Å². The molecule has 0 saturated carbocycles. The highest BCUT2D eigenvalue weighted by Gasteiger charge is 2.22. The van der Waals surface area contributed by atoms with Crippen molar-refractivity contribution in [3.8, 4) is 0 Å². The molecule has 2 N–H and O–H groups in total. The molecule has 8 heteroatoms. The summed E-state index contributed by atoms with van der Waals surface area (Å²) < 4.78 is 7.26. The molecule has 3 rings (SSSR count). The number of nitrogens with zero attached hydrogens (tertiary/aromatic N) is 1. The minimum absolute atomic E-state index is 0.0915. The monoisotopic (exact) mass is 375 g/mol. The zero-order valence-corrected chi connectivity index (χ0v) is 15.2. The van der Waals surface area contributed by atoms with Crippen molar-refractivity contribution >= 4 is 57.1 Å². The molecule has 2 amide bonds. The van der Waals surface area contributed by atoms with E-state index in [1.165, 1.54) is 11.8 Å². The number of fused-ring (bicyclic) bond motifs is 1. The number of hydrogen-bond donors (Lipinski definition) is 2. The molecule has 0 unspecified atom stereocenters. The molecular formula is C17H17N3O3S2. The molecule has 1 fully saturated rings. The second-order valence-electron chi connectivity index (χ2n) is 5.42. The van der Waals surface area contributed by atoms with Gasteiger partial charge in [-0.15, -0.1) is 0 Å². The third kappa shape index (κ3) is 4.09. The van der Waals surface area contributed by atoms with Gasteiger partial charge in [-0.1, -0.05) is 42.2 Å². The van der Waals surface area contributed by atoms with E-state index < -0.39 is 0 Å². The molecule has 2 heterocycles. The fourth-order valence-corrected chi connectivity index (χ4v) is 3.62. The number of ether oxygens (including phenoxy) is 1. The summed E-state index contributed by atoms with van der Waals surface area (Å²) in [5.41, 5.74) is 1.81. The Morgan fingerprint density at radius 2 is 2.24 bits per heavy atom. The standard InChI is InChI=1S/C17H17N3O3S2/c1-23-7-6-18-15(21)10-20-9-11(12-4-2-3-5-13(12)20)8-14-16(22)19-17(24)25-14/h2-5,8-9H,6-7,10H2,1H3,(H,18,21)(H,19,22,24)/b14-8+. The maximum atomic E-state index is 12.1. The molecule has 0 atom stereocenters. The molecular weight excluding hydrogens is 358 g/mol. The smallest absolute Gasteiger partial charge is 0.263 e. The Morgan fingerprint density at radius 1 is 1.44 bits per heavy atom. The quantitative estimate of drug-likeness (QED) is 0.458. The van der Waals surface area contributed by atoms with Gasteiger partial charge < -0.3 is 19.9 Å². The summed E-state index contributed by atoms with van der Waals surface area (Å²) >= 11 is 6.26. The molecule has 0 radical (unpaired) electrons. The van der Waals surface area contributed by atoms with Crippen LogP contribution >= 0.6 is 24.0 Å². The first-order chi connectivity index (χ1) is 12.1. The van der Waals surface area contributed by atoms with Gasteiger partial charge in [-0.3, -0.25) is 9.59 Å². The number of rotatable bonds is 6. The lowest BCUT2D eigenvalue weighted by molar-refractivity contribution is -0.121. The van der Waals surface area contributed by atoms with E-state index in [9.17, 15) is 9.59 Å². The van der Waals surface area contributed by atoms with Gasteiger partial charge in [-0.2, -0.15) is 0 Å². The maximum absolute atomic E-state index is 12.1. The van der Waals surface area contributed by atoms with Gasteiger partial charge in [0.2, 0.25) is 5.91 Å². The number of methoxy groups -OCH3 is 1. The van der Waals surface area contributed by atoms with Crippen LogP contribution in [0.3, 0.4) is 0 Å². The van der Waals surface area contributed by atoms with Gasteiger partial charge >= 0.3 is 0 Å². The molecule has 0 bridgehead atoms. The van der Waals surface area contributed by atoms with Crippen molar-refractivity contribution in [2.24, 2.45) is 0 Å². The van der Waals surface area contributed by atoms with Gasteiger partial charge in [-0.05, 0) is 12.1 Å². The normalized spacial score (nSPS) is 15.8. The van der Waals surface area contributed by atoms with Crippen LogP contribution in [0.25, 0.3) is 17.0 Å². The fraction of sp³-hybridized carbons (Fsp3) is 0.235. The molecule has 0 spiro atoms. The zero-order valence-electron chi connectivity index (χ0n) is 13.6. The highest BCUT2D eigenvalue weighted by molar-refractivity contribution is 8.26. The van der Waals surface area contributed by atoms with Crippen LogP contribution in [-0.2, 0) is 20.9 Å². The van der Waals surface area contributed by atoms with E-state index in [0.717, 1.165) is 16.5 Å². The van der Waals surface area contributed by atoms with Gasteiger partial charge in [-0.25, -0.2) is 0 Å². The number of carbonyl (C=O) groups excluding carboxylic acids is 2. The molecule has 25 heavy (non-hydrogen) atoms. The van der Waals surface area contributed by atoms with E-state index in [1.807, 2.05) is 35.0 Å². The number of nitrogens with one attached hydrogen (secondary N) is 2. The third-order valence-corrected chi connectivity index (χ3v) is 4.85. The SMILES string of the molecule is COCCNC(=O)Cn1cc(/C=C2/SC(=S)NC2=O)c2ccccc21. The van der Waals surface area contributed by atoms with Crippen LogP contribution in [0, 0.1) is 0 Å². The van der Waals surface area contributed by atoms with Crippen LogP contribution in [0.15, 0.2) is 35.4 Å². The Morgan fingerprint density at radius 3 is 2.96 bits per heavy atom. The summed E-state index contributed by atoms with van der Waals surface area (Å²) in [6, 6.07) is 7.77. The number of aromatic nitrogens is 1. The lowest BCUT2D eigenvalue weighted by Crippen LogP contribution is -2.30. The molecule has 1 aromatic carbocycles. The first kappa shape index (κ1) is 17.7. The van der Waals surface area contributed by atoms with Crippen LogP contribution in [0.5, 0.6) is 0 Å². The van der Waals surface area contributed by atoms with Crippen molar-refractivity contribution in [1.82, 2.24) is 15.2 Å². The van der Waals surface area contributed by atoms with Crippen molar-refractivity contribution < 1.29 is 14.3 Å². The van der Waals surface area contributed by atoms with Crippen LogP contribution in [0.1, 0.15) is 5.56 Å². The van der Waals surface area contributed by atoms with Crippen molar-refractivity contribution in [1.29, 1.82) is 0 Å². The molecule has 1 aromatic heterocycles. The van der Waals surface area contributed by atoms with E-state index in [0.29, 0.717) is 22.4 Å². The highest BCUT2D eigenvalue weighted by Crippen LogP contribution is 2.29. The molecule has 2 aromatic rings. The summed E-state index contributed by atoms with van der Waals surface area (Å²) in [5.74, 6) is -0.282. The topological polar surface area (TPSA) is 72.4 Å². The van der Waals surface area contributed by atoms with Crippen molar-refractivity contribution in [2.75, 3.05) is 20.3 Å². The van der Waals surface area contributed by atoms with Crippen molar-refractivity contribution in [2.45, 2.75) is 6.54 Å². The first-order valence-electron chi connectivity index (χ1n) is 7.67. The predicted molar refractivity (Wildman–Crippen MR) is 103 cm³/mol. The Balaban J connectivity index is 1.88. The van der Waals surface area contributed by atoms with E-state index >= 15 is 0 Å². The third-order valence-electron chi connectivity index (χ3n) is 3.69. The summed E-state index contributed by atoms with van der Waals surface area (Å²) in [6.45, 7) is 1.15.